The summed E-state index contributed by atoms with van der Waals surface area (Å²) < 4.78 is 26.3. The predicted molar refractivity (Wildman–Crippen MR) is 86.8 cm³/mol. The Bertz CT molecular complexity index is 814. The van der Waals surface area contributed by atoms with Crippen molar-refractivity contribution < 1.29 is 23.5 Å². The van der Waals surface area contributed by atoms with Gasteiger partial charge in [-0.25, -0.2) is 8.78 Å². The van der Waals surface area contributed by atoms with Gasteiger partial charge in [0.1, 0.15) is 11.6 Å². The fourth-order valence-corrected chi connectivity index (χ4v) is 2.89. The Kier molecular flexibility index (Phi) is 4.50. The first-order valence-corrected chi connectivity index (χ1v) is 7.70. The van der Waals surface area contributed by atoms with Crippen LogP contribution >= 0.6 is 0 Å². The van der Waals surface area contributed by atoms with E-state index in [1.807, 2.05) is 24.3 Å². The maximum absolute atomic E-state index is 13.5. The summed E-state index contributed by atoms with van der Waals surface area (Å²) in [6, 6.07) is 10.1. The molecule has 0 spiro atoms. The van der Waals surface area contributed by atoms with Crippen molar-refractivity contribution >= 4 is 17.5 Å². The van der Waals surface area contributed by atoms with E-state index in [1.54, 1.807) is 0 Å². The Balaban J connectivity index is 1.57. The smallest absolute Gasteiger partial charge is 0.313 e. The number of aliphatic hydroxyl groups is 1. The van der Waals surface area contributed by atoms with Gasteiger partial charge in [0.2, 0.25) is 0 Å². The molecule has 3 N–H and O–H groups in total. The number of fused-ring (bicyclic) bond motifs is 1. The molecule has 2 aromatic carbocycles. The van der Waals surface area contributed by atoms with Crippen LogP contribution in [-0.4, -0.2) is 29.1 Å². The minimum absolute atomic E-state index is 0.111. The van der Waals surface area contributed by atoms with Gasteiger partial charge in [-0.2, -0.15) is 0 Å². The monoisotopic (exact) mass is 346 g/mol. The summed E-state index contributed by atoms with van der Waals surface area (Å²) in [4.78, 5) is 23.7. The molecule has 7 heteroatoms. The molecule has 0 aromatic heterocycles. The molecule has 0 bridgehead atoms. The van der Waals surface area contributed by atoms with Crippen LogP contribution in [0.2, 0.25) is 0 Å². The molecule has 5 nitrogen and oxygen atoms in total. The molecule has 0 heterocycles. The summed E-state index contributed by atoms with van der Waals surface area (Å²) in [5, 5.41) is 15.0. The number of hydrogen-bond acceptors (Lipinski definition) is 3. The Morgan fingerprint density at radius 1 is 1.04 bits per heavy atom. The van der Waals surface area contributed by atoms with Crippen LogP contribution in [-0.2, 0) is 22.4 Å². The van der Waals surface area contributed by atoms with Crippen molar-refractivity contribution in [2.24, 2.45) is 0 Å². The third-order valence-electron chi connectivity index (χ3n) is 4.12. The Morgan fingerprint density at radius 2 is 1.68 bits per heavy atom. The summed E-state index contributed by atoms with van der Waals surface area (Å²) in [6.07, 6.45) is 0.745. The van der Waals surface area contributed by atoms with E-state index in [4.69, 9.17) is 0 Å². The van der Waals surface area contributed by atoms with Gasteiger partial charge >= 0.3 is 11.8 Å². The largest absolute Gasteiger partial charge is 0.387 e. The van der Waals surface area contributed by atoms with Gasteiger partial charge in [-0.15, -0.1) is 0 Å². The SMILES string of the molecule is O=C(NCC1(O)Cc2ccccc2C1)C(=O)Nc1ccc(F)cc1F. The van der Waals surface area contributed by atoms with Crippen LogP contribution in [0.3, 0.4) is 0 Å². The molecule has 25 heavy (non-hydrogen) atoms. The minimum Gasteiger partial charge on any atom is -0.387 e. The second-order valence-electron chi connectivity index (χ2n) is 6.11. The molecule has 0 fully saturated rings. The van der Waals surface area contributed by atoms with Crippen molar-refractivity contribution in [3.8, 4) is 0 Å². The molecule has 0 atom stereocenters. The van der Waals surface area contributed by atoms with Crippen molar-refractivity contribution in [2.75, 3.05) is 11.9 Å². The van der Waals surface area contributed by atoms with Gasteiger partial charge in [0.05, 0.1) is 11.3 Å². The van der Waals surface area contributed by atoms with E-state index in [9.17, 15) is 23.5 Å². The highest BCUT2D eigenvalue weighted by Gasteiger charge is 2.35. The molecule has 1 aliphatic rings. The van der Waals surface area contributed by atoms with Crippen LogP contribution in [0.1, 0.15) is 11.1 Å². The Morgan fingerprint density at radius 3 is 2.28 bits per heavy atom. The van der Waals surface area contributed by atoms with Crippen LogP contribution in [0.25, 0.3) is 0 Å². The average Bonchev–Trinajstić information content (AvgIpc) is 2.91. The first kappa shape index (κ1) is 17.0. The Hall–Kier alpha value is -2.80. The first-order valence-electron chi connectivity index (χ1n) is 7.70. The standard InChI is InChI=1S/C18H16F2N2O3/c19-13-5-6-15(14(20)7-13)22-17(24)16(23)21-10-18(25)8-11-3-1-2-4-12(11)9-18/h1-7,25H,8-10H2,(H,21,23)(H,22,24). The van der Waals surface area contributed by atoms with E-state index in [0.717, 1.165) is 23.3 Å². The molecule has 2 aromatic rings. The topological polar surface area (TPSA) is 78.4 Å². The number of carbonyl (C=O) groups is 2. The molecule has 0 unspecified atom stereocenters. The van der Waals surface area contributed by atoms with Crippen LogP contribution in [0, 0.1) is 11.6 Å². The number of rotatable bonds is 3. The lowest BCUT2D eigenvalue weighted by Crippen LogP contribution is -2.46. The van der Waals surface area contributed by atoms with Gasteiger partial charge in [0, 0.05) is 25.5 Å². The van der Waals surface area contributed by atoms with Gasteiger partial charge in [-0.3, -0.25) is 9.59 Å². The summed E-state index contributed by atoms with van der Waals surface area (Å²) in [5.41, 5.74) is 0.531. The van der Waals surface area contributed by atoms with Gasteiger partial charge < -0.3 is 15.7 Å². The maximum Gasteiger partial charge on any atom is 0.313 e. The average molecular weight is 346 g/mol. The molecule has 2 amide bonds. The predicted octanol–water partition coefficient (Wildman–Crippen LogP) is 1.55. The van der Waals surface area contributed by atoms with Crippen LogP contribution in [0.5, 0.6) is 0 Å². The maximum atomic E-state index is 13.5. The second kappa shape index (κ2) is 6.60. The van der Waals surface area contributed by atoms with Crippen molar-refractivity contribution in [2.45, 2.75) is 18.4 Å². The van der Waals surface area contributed by atoms with Crippen molar-refractivity contribution in [3.05, 3.63) is 65.2 Å². The van der Waals surface area contributed by atoms with E-state index in [0.29, 0.717) is 18.9 Å². The Labute approximate surface area is 142 Å². The molecule has 0 radical (unpaired) electrons. The van der Waals surface area contributed by atoms with E-state index in [2.05, 4.69) is 10.6 Å². The third-order valence-corrected chi connectivity index (χ3v) is 4.12. The first-order chi connectivity index (χ1) is 11.9. The molecule has 1 aliphatic carbocycles. The summed E-state index contributed by atoms with van der Waals surface area (Å²) in [6.45, 7) is -0.111. The highest BCUT2D eigenvalue weighted by Crippen LogP contribution is 2.29. The van der Waals surface area contributed by atoms with Gasteiger partial charge in [-0.05, 0) is 23.3 Å². The van der Waals surface area contributed by atoms with E-state index in [1.165, 1.54) is 0 Å². The van der Waals surface area contributed by atoms with Crippen LogP contribution in [0.4, 0.5) is 14.5 Å². The molecule has 0 aliphatic heterocycles. The third kappa shape index (κ3) is 3.83. The number of hydrogen-bond donors (Lipinski definition) is 3. The normalized spacial score (nSPS) is 14.7. The van der Waals surface area contributed by atoms with E-state index < -0.39 is 29.0 Å². The number of benzene rings is 2. The fourth-order valence-electron chi connectivity index (χ4n) is 2.89. The number of anilines is 1. The van der Waals surface area contributed by atoms with Crippen molar-refractivity contribution in [3.63, 3.8) is 0 Å². The van der Waals surface area contributed by atoms with Gasteiger partial charge in [-0.1, -0.05) is 24.3 Å². The fraction of sp³-hybridized carbons (Fsp3) is 0.222. The second-order valence-corrected chi connectivity index (χ2v) is 6.11. The van der Waals surface area contributed by atoms with Crippen molar-refractivity contribution in [1.82, 2.24) is 5.32 Å². The van der Waals surface area contributed by atoms with Crippen LogP contribution in [0.15, 0.2) is 42.5 Å². The zero-order valence-electron chi connectivity index (χ0n) is 13.2. The molecular weight excluding hydrogens is 330 g/mol. The number of nitrogens with one attached hydrogen (secondary N) is 2. The van der Waals surface area contributed by atoms with E-state index >= 15 is 0 Å². The molecule has 3 rings (SSSR count). The number of carbonyl (C=O) groups excluding carboxylic acids is 2. The van der Waals surface area contributed by atoms with Crippen molar-refractivity contribution in [1.29, 1.82) is 0 Å². The summed E-state index contributed by atoms with van der Waals surface area (Å²) in [7, 11) is 0. The lowest BCUT2D eigenvalue weighted by Gasteiger charge is -2.22. The number of amides is 2. The minimum atomic E-state index is -1.17. The zero-order chi connectivity index (χ0) is 18.0. The highest BCUT2D eigenvalue weighted by molar-refractivity contribution is 6.39. The zero-order valence-corrected chi connectivity index (χ0v) is 13.2. The summed E-state index contributed by atoms with van der Waals surface area (Å²) in [5.74, 6) is -3.87. The molecule has 130 valence electrons. The van der Waals surface area contributed by atoms with E-state index in [-0.39, 0.29) is 12.2 Å². The molecule has 0 saturated heterocycles. The van der Waals surface area contributed by atoms with Gasteiger partial charge in [0.15, 0.2) is 0 Å². The van der Waals surface area contributed by atoms with Gasteiger partial charge in [0.25, 0.3) is 0 Å². The lowest BCUT2D eigenvalue weighted by molar-refractivity contribution is -0.136. The number of halogens is 2. The highest BCUT2D eigenvalue weighted by atomic mass is 19.1. The van der Waals surface area contributed by atoms with Crippen LogP contribution < -0.4 is 10.6 Å². The lowest BCUT2D eigenvalue weighted by atomic mass is 10.0. The quantitative estimate of drug-likeness (QED) is 0.738. The molecule has 0 saturated carbocycles. The summed E-state index contributed by atoms with van der Waals surface area (Å²) >= 11 is 0. The molecular formula is C18H16F2N2O3.